The normalized spacial score (nSPS) is 16.6. The number of rotatable bonds is 4. The standard InChI is InChI=1S/C19H12Cl3F4NO/c20-14-5-11(6-15(21)17(14)22)13(19(24,25)26)7-16(28)10-1-3-12(4-2-10)18(23)8-27-9-18/h1-7,27H,8-9H2/b13-7+. The van der Waals surface area contributed by atoms with Gasteiger partial charge in [0.15, 0.2) is 11.5 Å². The van der Waals surface area contributed by atoms with Gasteiger partial charge in [0.25, 0.3) is 0 Å². The highest BCUT2D eigenvalue weighted by Gasteiger charge is 2.39. The molecule has 0 spiro atoms. The maximum atomic E-state index is 14.3. The zero-order chi connectivity index (χ0) is 20.7. The molecule has 1 fully saturated rings. The van der Waals surface area contributed by atoms with Gasteiger partial charge in [-0.3, -0.25) is 4.79 Å². The van der Waals surface area contributed by atoms with Crippen LogP contribution >= 0.6 is 34.8 Å². The molecular weight excluding hydrogens is 441 g/mol. The van der Waals surface area contributed by atoms with Gasteiger partial charge < -0.3 is 5.32 Å². The van der Waals surface area contributed by atoms with E-state index in [2.05, 4.69) is 5.32 Å². The third-order valence-corrected chi connectivity index (χ3v) is 5.57. The quantitative estimate of drug-likeness (QED) is 0.257. The fraction of sp³-hybridized carbons (Fsp3) is 0.211. The second-order valence-corrected chi connectivity index (χ2v) is 7.51. The van der Waals surface area contributed by atoms with E-state index < -0.39 is 23.2 Å². The van der Waals surface area contributed by atoms with Gasteiger partial charge in [0.1, 0.15) is 0 Å². The fourth-order valence-electron chi connectivity index (χ4n) is 2.74. The third-order valence-electron chi connectivity index (χ3n) is 4.37. The van der Waals surface area contributed by atoms with Crippen molar-refractivity contribution in [3.8, 4) is 0 Å². The first-order valence-corrected chi connectivity index (χ1v) is 9.13. The molecular formula is C19H12Cl3F4NO. The van der Waals surface area contributed by atoms with E-state index in [0.717, 1.165) is 12.1 Å². The van der Waals surface area contributed by atoms with Crippen molar-refractivity contribution in [2.75, 3.05) is 13.1 Å². The highest BCUT2D eigenvalue weighted by molar-refractivity contribution is 6.48. The Kier molecular flexibility index (Phi) is 5.79. The minimum absolute atomic E-state index is 0.00691. The predicted molar refractivity (Wildman–Crippen MR) is 102 cm³/mol. The van der Waals surface area contributed by atoms with Crippen LogP contribution < -0.4 is 5.32 Å². The van der Waals surface area contributed by atoms with Crippen molar-refractivity contribution in [2.24, 2.45) is 0 Å². The lowest BCUT2D eigenvalue weighted by Gasteiger charge is -2.35. The first kappa shape index (κ1) is 21.1. The number of hydrogen-bond donors (Lipinski definition) is 1. The van der Waals surface area contributed by atoms with Crippen molar-refractivity contribution in [1.82, 2.24) is 5.32 Å². The Labute approximate surface area is 173 Å². The molecule has 0 amide bonds. The molecule has 0 saturated carbocycles. The Morgan fingerprint density at radius 2 is 1.54 bits per heavy atom. The van der Waals surface area contributed by atoms with Gasteiger partial charge in [-0.15, -0.1) is 0 Å². The number of benzene rings is 2. The first-order valence-electron chi connectivity index (χ1n) is 7.99. The smallest absolute Gasteiger partial charge is 0.310 e. The molecule has 3 rings (SSSR count). The van der Waals surface area contributed by atoms with E-state index in [4.69, 9.17) is 34.8 Å². The minimum Gasteiger partial charge on any atom is -0.310 e. The molecule has 2 aromatic carbocycles. The minimum atomic E-state index is -4.84. The van der Waals surface area contributed by atoms with E-state index >= 15 is 0 Å². The lowest BCUT2D eigenvalue weighted by Crippen LogP contribution is -2.53. The van der Waals surface area contributed by atoms with Crippen molar-refractivity contribution in [3.63, 3.8) is 0 Å². The molecule has 1 saturated heterocycles. The molecule has 9 heteroatoms. The summed E-state index contributed by atoms with van der Waals surface area (Å²) >= 11 is 17.4. The Hall–Kier alpha value is -1.60. The Balaban J connectivity index is 1.96. The first-order chi connectivity index (χ1) is 13.0. The zero-order valence-corrected chi connectivity index (χ0v) is 16.3. The van der Waals surface area contributed by atoms with Gasteiger partial charge in [-0.2, -0.15) is 13.2 Å². The lowest BCUT2D eigenvalue weighted by atomic mass is 9.89. The van der Waals surface area contributed by atoms with Crippen LogP contribution in [0.15, 0.2) is 42.5 Å². The Morgan fingerprint density at radius 3 is 1.96 bits per heavy atom. The summed E-state index contributed by atoms with van der Waals surface area (Å²) in [5.74, 6) is -0.888. The topological polar surface area (TPSA) is 29.1 Å². The van der Waals surface area contributed by atoms with E-state index in [-0.39, 0.29) is 39.3 Å². The summed E-state index contributed by atoms with van der Waals surface area (Å²) < 4.78 is 54.9. The van der Waals surface area contributed by atoms with E-state index in [9.17, 15) is 22.4 Å². The number of nitrogens with one attached hydrogen (secondary N) is 1. The summed E-state index contributed by atoms with van der Waals surface area (Å²) in [6.45, 7) is 0.299. The second kappa shape index (κ2) is 7.67. The molecule has 1 aliphatic rings. The lowest BCUT2D eigenvalue weighted by molar-refractivity contribution is -0.0689. The zero-order valence-electron chi connectivity index (χ0n) is 14.0. The number of ketones is 1. The summed E-state index contributed by atoms with van der Waals surface area (Å²) in [5.41, 5.74) is -2.77. The van der Waals surface area contributed by atoms with Crippen molar-refractivity contribution in [2.45, 2.75) is 11.8 Å². The second-order valence-electron chi connectivity index (χ2n) is 6.32. The number of carbonyl (C=O) groups is 1. The monoisotopic (exact) mass is 451 g/mol. The van der Waals surface area contributed by atoms with Crippen molar-refractivity contribution >= 4 is 46.2 Å². The molecule has 28 heavy (non-hydrogen) atoms. The Bertz CT molecular complexity index is 928. The average molecular weight is 453 g/mol. The van der Waals surface area contributed by atoms with Gasteiger partial charge in [-0.05, 0) is 29.3 Å². The fourth-order valence-corrected chi connectivity index (χ4v) is 3.33. The summed E-state index contributed by atoms with van der Waals surface area (Å²) in [6, 6.07) is 7.35. The molecule has 0 bridgehead atoms. The van der Waals surface area contributed by atoms with E-state index in [1.54, 1.807) is 0 Å². The molecule has 1 N–H and O–H groups in total. The van der Waals surface area contributed by atoms with Gasteiger partial charge in [-0.25, -0.2) is 4.39 Å². The maximum absolute atomic E-state index is 14.3. The van der Waals surface area contributed by atoms with Crippen LogP contribution in [-0.4, -0.2) is 25.0 Å². The Morgan fingerprint density at radius 1 is 1.00 bits per heavy atom. The number of alkyl halides is 4. The number of carbonyl (C=O) groups excluding carboxylic acids is 1. The molecule has 148 valence electrons. The number of allylic oxidation sites excluding steroid dienone is 2. The average Bonchev–Trinajstić information content (AvgIpc) is 2.60. The molecule has 0 aromatic heterocycles. The molecule has 1 aliphatic heterocycles. The summed E-state index contributed by atoms with van der Waals surface area (Å²) in [6.07, 6.45) is -4.38. The van der Waals surface area contributed by atoms with Gasteiger partial charge in [0.2, 0.25) is 0 Å². The van der Waals surface area contributed by atoms with Crippen LogP contribution in [0.4, 0.5) is 17.6 Å². The van der Waals surface area contributed by atoms with Crippen LogP contribution in [0.25, 0.3) is 5.57 Å². The molecule has 1 heterocycles. The molecule has 0 radical (unpaired) electrons. The van der Waals surface area contributed by atoms with Crippen LogP contribution in [-0.2, 0) is 5.67 Å². The van der Waals surface area contributed by atoms with Crippen LogP contribution in [0.1, 0.15) is 21.5 Å². The SMILES string of the molecule is O=C(/C=C(\c1cc(Cl)c(Cl)c(Cl)c1)C(F)(F)F)c1ccc(C2(F)CNC2)cc1. The molecule has 0 unspecified atom stereocenters. The van der Waals surface area contributed by atoms with Crippen molar-refractivity contribution in [1.29, 1.82) is 0 Å². The molecule has 2 nitrogen and oxygen atoms in total. The van der Waals surface area contributed by atoms with Crippen molar-refractivity contribution in [3.05, 3.63) is 74.2 Å². The van der Waals surface area contributed by atoms with Gasteiger partial charge in [-0.1, -0.05) is 59.1 Å². The maximum Gasteiger partial charge on any atom is 0.417 e. The third kappa shape index (κ3) is 4.20. The van der Waals surface area contributed by atoms with Crippen molar-refractivity contribution < 1.29 is 22.4 Å². The van der Waals surface area contributed by atoms with E-state index in [1.165, 1.54) is 24.3 Å². The molecule has 0 aliphatic carbocycles. The van der Waals surface area contributed by atoms with Crippen LogP contribution in [0, 0.1) is 0 Å². The summed E-state index contributed by atoms with van der Waals surface area (Å²) in [4.78, 5) is 12.4. The van der Waals surface area contributed by atoms with Gasteiger partial charge in [0, 0.05) is 18.7 Å². The van der Waals surface area contributed by atoms with Gasteiger partial charge >= 0.3 is 6.18 Å². The largest absolute Gasteiger partial charge is 0.417 e. The highest BCUT2D eigenvalue weighted by Crippen LogP contribution is 2.39. The molecule has 0 atom stereocenters. The van der Waals surface area contributed by atoms with E-state index in [1.807, 2.05) is 0 Å². The number of hydrogen-bond acceptors (Lipinski definition) is 2. The van der Waals surface area contributed by atoms with Crippen LogP contribution in [0.3, 0.4) is 0 Å². The number of halogens is 7. The highest BCUT2D eigenvalue weighted by atomic mass is 35.5. The van der Waals surface area contributed by atoms with Gasteiger partial charge in [0.05, 0.1) is 20.6 Å². The van der Waals surface area contributed by atoms with Crippen LogP contribution in [0.2, 0.25) is 15.1 Å². The molecule has 2 aromatic rings. The van der Waals surface area contributed by atoms with E-state index in [0.29, 0.717) is 11.6 Å². The summed E-state index contributed by atoms with van der Waals surface area (Å²) in [7, 11) is 0. The summed E-state index contributed by atoms with van der Waals surface area (Å²) in [5, 5.41) is 2.39. The van der Waals surface area contributed by atoms with Crippen LogP contribution in [0.5, 0.6) is 0 Å². The predicted octanol–water partition coefficient (Wildman–Crippen LogP) is 6.24.